The summed E-state index contributed by atoms with van der Waals surface area (Å²) in [6.07, 6.45) is 0.454. The molecule has 1 aliphatic heterocycles. The van der Waals surface area contributed by atoms with Crippen LogP contribution in [0.2, 0.25) is 0 Å². The van der Waals surface area contributed by atoms with Crippen molar-refractivity contribution in [2.24, 2.45) is 5.41 Å². The zero-order valence-electron chi connectivity index (χ0n) is 13.1. The first-order chi connectivity index (χ1) is 10.6. The second-order valence-electron chi connectivity index (χ2n) is 6.20. The van der Waals surface area contributed by atoms with Gasteiger partial charge in [0.1, 0.15) is 0 Å². The van der Waals surface area contributed by atoms with E-state index in [1.165, 1.54) is 18.2 Å². The zero-order valence-corrected chi connectivity index (χ0v) is 13.9. The highest BCUT2D eigenvalue weighted by Gasteiger charge is 2.30. The second-order valence-corrected chi connectivity index (χ2v) is 8.22. The highest BCUT2D eigenvalue weighted by molar-refractivity contribution is 7.93. The number of nitrogens with one attached hydrogen (secondary N) is 1. The molecule has 0 radical (unpaired) electrons. The number of rotatable bonds is 5. The Balaban J connectivity index is 2.03. The largest absolute Gasteiger partial charge is 0.481 e. The van der Waals surface area contributed by atoms with Crippen LogP contribution in [0.5, 0.6) is 0 Å². The SMILES string of the molecule is CC(C)(CC(=O)Nc1ccc(N2CCCS2(=O)=O)cc1)C(=O)O. The van der Waals surface area contributed by atoms with Crippen LogP contribution in [0.4, 0.5) is 11.4 Å². The summed E-state index contributed by atoms with van der Waals surface area (Å²) in [6.45, 7) is 3.42. The standard InChI is InChI=1S/C15H20N2O5S/c1-15(2,14(19)20)10-13(18)16-11-4-6-12(7-5-11)17-8-3-9-23(17,21)22/h4-7H,3,8-10H2,1-2H3,(H,16,18)(H,19,20). The maximum Gasteiger partial charge on any atom is 0.309 e. The number of anilines is 2. The number of sulfonamides is 1. The van der Waals surface area contributed by atoms with E-state index in [1.807, 2.05) is 0 Å². The van der Waals surface area contributed by atoms with Gasteiger partial charge in [-0.1, -0.05) is 0 Å². The molecule has 0 aromatic heterocycles. The predicted octanol–water partition coefficient (Wildman–Crippen LogP) is 1.67. The molecular weight excluding hydrogens is 320 g/mol. The van der Waals surface area contributed by atoms with E-state index >= 15 is 0 Å². The lowest BCUT2D eigenvalue weighted by molar-refractivity contribution is -0.148. The van der Waals surface area contributed by atoms with Gasteiger partial charge < -0.3 is 10.4 Å². The first-order valence-corrected chi connectivity index (χ1v) is 8.86. The average molecular weight is 340 g/mol. The minimum Gasteiger partial charge on any atom is -0.481 e. The van der Waals surface area contributed by atoms with E-state index in [-0.39, 0.29) is 12.2 Å². The second kappa shape index (κ2) is 6.19. The van der Waals surface area contributed by atoms with Crippen LogP contribution in [0.3, 0.4) is 0 Å². The molecule has 1 amide bonds. The van der Waals surface area contributed by atoms with Gasteiger partial charge in [-0.2, -0.15) is 0 Å². The van der Waals surface area contributed by atoms with E-state index in [0.717, 1.165) is 0 Å². The van der Waals surface area contributed by atoms with Crippen molar-refractivity contribution in [2.45, 2.75) is 26.7 Å². The number of benzene rings is 1. The lowest BCUT2D eigenvalue weighted by Crippen LogP contribution is -2.29. The van der Waals surface area contributed by atoms with E-state index in [0.29, 0.717) is 24.3 Å². The predicted molar refractivity (Wildman–Crippen MR) is 86.9 cm³/mol. The van der Waals surface area contributed by atoms with Crippen molar-refractivity contribution in [1.82, 2.24) is 0 Å². The molecule has 1 saturated heterocycles. The summed E-state index contributed by atoms with van der Waals surface area (Å²) in [4.78, 5) is 22.9. The van der Waals surface area contributed by atoms with Crippen molar-refractivity contribution in [3.8, 4) is 0 Å². The summed E-state index contributed by atoms with van der Waals surface area (Å²) in [7, 11) is -3.23. The Kier molecular flexibility index (Phi) is 4.65. The molecule has 0 aliphatic carbocycles. The molecule has 0 unspecified atom stereocenters. The molecule has 1 aromatic carbocycles. The maximum atomic E-state index is 11.9. The average Bonchev–Trinajstić information content (AvgIpc) is 2.78. The summed E-state index contributed by atoms with van der Waals surface area (Å²) in [6, 6.07) is 6.46. The lowest BCUT2D eigenvalue weighted by Gasteiger charge is -2.19. The number of nitrogens with zero attached hydrogens (tertiary/aromatic N) is 1. The molecule has 1 aliphatic rings. The number of aliphatic carboxylic acids is 1. The molecular formula is C15H20N2O5S. The zero-order chi connectivity index (χ0) is 17.3. The van der Waals surface area contributed by atoms with E-state index in [4.69, 9.17) is 5.11 Å². The Morgan fingerprint density at radius 3 is 2.35 bits per heavy atom. The van der Waals surface area contributed by atoms with Gasteiger partial charge >= 0.3 is 5.97 Å². The van der Waals surface area contributed by atoms with E-state index in [1.54, 1.807) is 24.3 Å². The number of amides is 1. The Bertz CT molecular complexity index is 710. The van der Waals surface area contributed by atoms with Gasteiger partial charge in [0.15, 0.2) is 0 Å². The van der Waals surface area contributed by atoms with Crippen LogP contribution >= 0.6 is 0 Å². The molecule has 0 atom stereocenters. The summed E-state index contributed by atoms with van der Waals surface area (Å²) >= 11 is 0. The van der Waals surface area contributed by atoms with Crippen molar-refractivity contribution >= 4 is 33.3 Å². The van der Waals surface area contributed by atoms with E-state index in [2.05, 4.69) is 5.32 Å². The van der Waals surface area contributed by atoms with Crippen LogP contribution in [0, 0.1) is 5.41 Å². The van der Waals surface area contributed by atoms with E-state index in [9.17, 15) is 18.0 Å². The van der Waals surface area contributed by atoms with Crippen molar-refractivity contribution in [3.05, 3.63) is 24.3 Å². The van der Waals surface area contributed by atoms with Gasteiger partial charge in [0.25, 0.3) is 0 Å². The summed E-state index contributed by atoms with van der Waals surface area (Å²) in [5, 5.41) is 11.6. The van der Waals surface area contributed by atoms with Gasteiger partial charge in [0.2, 0.25) is 15.9 Å². The fraction of sp³-hybridized carbons (Fsp3) is 0.467. The van der Waals surface area contributed by atoms with Gasteiger partial charge in [-0.3, -0.25) is 13.9 Å². The fourth-order valence-electron chi connectivity index (χ4n) is 2.32. The molecule has 2 N–H and O–H groups in total. The molecule has 126 valence electrons. The number of carboxylic acids is 1. The van der Waals surface area contributed by atoms with Crippen molar-refractivity contribution in [2.75, 3.05) is 21.9 Å². The molecule has 0 spiro atoms. The Morgan fingerprint density at radius 1 is 1.26 bits per heavy atom. The van der Waals surface area contributed by atoms with Crippen LogP contribution in [0.1, 0.15) is 26.7 Å². The minimum atomic E-state index is -3.23. The monoisotopic (exact) mass is 340 g/mol. The maximum absolute atomic E-state index is 11.9. The molecule has 1 aromatic rings. The van der Waals surface area contributed by atoms with Crippen LogP contribution in [0.25, 0.3) is 0 Å². The topological polar surface area (TPSA) is 104 Å². The van der Waals surface area contributed by atoms with Gasteiger partial charge in [0, 0.05) is 18.7 Å². The Labute approximate surface area is 135 Å². The van der Waals surface area contributed by atoms with Crippen molar-refractivity contribution in [3.63, 3.8) is 0 Å². The summed E-state index contributed by atoms with van der Waals surface area (Å²) in [5.41, 5.74) is -0.0869. The quantitative estimate of drug-likeness (QED) is 0.848. The molecule has 23 heavy (non-hydrogen) atoms. The molecule has 1 fully saturated rings. The molecule has 8 heteroatoms. The highest BCUT2D eigenvalue weighted by Crippen LogP contribution is 2.26. The first-order valence-electron chi connectivity index (χ1n) is 7.25. The number of carbonyl (C=O) groups excluding carboxylic acids is 1. The molecule has 1 heterocycles. The highest BCUT2D eigenvalue weighted by atomic mass is 32.2. The third kappa shape index (κ3) is 4.01. The number of hydrogen-bond donors (Lipinski definition) is 2. The molecule has 7 nitrogen and oxygen atoms in total. The van der Waals surface area contributed by atoms with Crippen molar-refractivity contribution < 1.29 is 23.1 Å². The normalized spacial score (nSPS) is 17.0. The summed E-state index contributed by atoms with van der Waals surface area (Å²) < 4.78 is 25.0. The fourth-order valence-corrected chi connectivity index (χ4v) is 3.89. The van der Waals surface area contributed by atoms with Gasteiger partial charge in [-0.05, 0) is 44.5 Å². The Hall–Kier alpha value is -2.09. The third-order valence-corrected chi connectivity index (χ3v) is 5.59. The van der Waals surface area contributed by atoms with Gasteiger partial charge in [-0.25, -0.2) is 8.42 Å². The van der Waals surface area contributed by atoms with Gasteiger partial charge in [0.05, 0.1) is 16.9 Å². The molecule has 2 rings (SSSR count). The molecule has 0 saturated carbocycles. The number of hydrogen-bond acceptors (Lipinski definition) is 4. The summed E-state index contributed by atoms with van der Waals surface area (Å²) in [5.74, 6) is -1.29. The number of carbonyl (C=O) groups is 2. The van der Waals surface area contributed by atoms with Crippen LogP contribution in [0.15, 0.2) is 24.3 Å². The van der Waals surface area contributed by atoms with Crippen molar-refractivity contribution in [1.29, 1.82) is 0 Å². The molecule has 0 bridgehead atoms. The van der Waals surface area contributed by atoms with E-state index < -0.39 is 27.3 Å². The first kappa shape index (κ1) is 17.3. The smallest absolute Gasteiger partial charge is 0.309 e. The minimum absolute atomic E-state index is 0.148. The lowest BCUT2D eigenvalue weighted by atomic mass is 9.89. The third-order valence-electron chi connectivity index (χ3n) is 3.72. The van der Waals surface area contributed by atoms with Gasteiger partial charge in [-0.15, -0.1) is 0 Å². The number of carboxylic acid groups (broad SMARTS) is 1. The van der Waals surface area contributed by atoms with Crippen LogP contribution in [-0.2, 0) is 19.6 Å². The Morgan fingerprint density at radius 2 is 1.87 bits per heavy atom. The van der Waals surface area contributed by atoms with Crippen LogP contribution in [-0.4, -0.2) is 37.7 Å². The van der Waals surface area contributed by atoms with Crippen LogP contribution < -0.4 is 9.62 Å².